The van der Waals surface area contributed by atoms with Gasteiger partial charge in [-0.25, -0.2) is 9.59 Å². The second kappa shape index (κ2) is 7.97. The third-order valence-electron chi connectivity index (χ3n) is 3.74. The quantitative estimate of drug-likeness (QED) is 0.658. The Morgan fingerprint density at radius 2 is 1.83 bits per heavy atom. The van der Waals surface area contributed by atoms with Crippen LogP contribution in [0.3, 0.4) is 0 Å². The Hall–Kier alpha value is -2.34. The third-order valence-corrected chi connectivity index (χ3v) is 3.74. The number of esters is 1. The summed E-state index contributed by atoms with van der Waals surface area (Å²) in [4.78, 5) is 22.9. The topological polar surface area (TPSA) is 82.1 Å². The molecule has 1 aromatic carbocycles. The van der Waals surface area contributed by atoms with Gasteiger partial charge in [-0.05, 0) is 44.0 Å². The van der Waals surface area contributed by atoms with Gasteiger partial charge in [-0.3, -0.25) is 0 Å². The molecule has 0 aliphatic heterocycles. The molecule has 0 aromatic heterocycles. The highest BCUT2D eigenvalue weighted by Crippen LogP contribution is 2.32. The van der Waals surface area contributed by atoms with Crippen LogP contribution in [0.5, 0.6) is 0 Å². The minimum absolute atomic E-state index is 0.175. The molecule has 6 nitrogen and oxygen atoms in total. The Labute approximate surface area is 141 Å². The highest BCUT2D eigenvalue weighted by molar-refractivity contribution is 5.89. The van der Waals surface area contributed by atoms with Crippen molar-refractivity contribution < 1.29 is 28.9 Å². The molecule has 0 fully saturated rings. The van der Waals surface area contributed by atoms with Crippen molar-refractivity contribution in [3.8, 4) is 0 Å². The van der Waals surface area contributed by atoms with Crippen LogP contribution in [0.2, 0.25) is 0 Å². The molecule has 1 aromatic rings. The average Bonchev–Trinajstić information content (AvgIpc) is 3.01. The summed E-state index contributed by atoms with van der Waals surface area (Å²) in [7, 11) is 1.32. The number of hydrogen-bond donors (Lipinski definition) is 1. The molecule has 1 N–H and O–H groups in total. The number of rotatable bonds is 5. The molecular formula is C18H22O6. The summed E-state index contributed by atoms with van der Waals surface area (Å²) >= 11 is 0. The summed E-state index contributed by atoms with van der Waals surface area (Å²) in [6.45, 7) is 3.49. The number of aliphatic hydroxyl groups excluding tert-OH is 1. The predicted molar refractivity (Wildman–Crippen MR) is 86.5 cm³/mol. The van der Waals surface area contributed by atoms with Crippen LogP contribution in [0.4, 0.5) is 4.79 Å². The van der Waals surface area contributed by atoms with Crippen molar-refractivity contribution in [2.24, 2.45) is 5.92 Å². The fourth-order valence-corrected chi connectivity index (χ4v) is 2.54. The molecule has 0 radical (unpaired) electrons. The van der Waals surface area contributed by atoms with Crippen molar-refractivity contribution in [1.29, 1.82) is 0 Å². The van der Waals surface area contributed by atoms with E-state index in [0.717, 1.165) is 0 Å². The maximum Gasteiger partial charge on any atom is 0.509 e. The molecule has 0 heterocycles. The molecule has 0 bridgehead atoms. The fraction of sp³-hybridized carbons (Fsp3) is 0.444. The molecule has 0 saturated heterocycles. The first-order chi connectivity index (χ1) is 11.4. The van der Waals surface area contributed by atoms with Crippen molar-refractivity contribution in [1.82, 2.24) is 0 Å². The Bertz CT molecular complexity index is 604. The van der Waals surface area contributed by atoms with E-state index in [-0.39, 0.29) is 12.0 Å². The van der Waals surface area contributed by atoms with Gasteiger partial charge in [0.25, 0.3) is 0 Å². The number of aliphatic hydroxyl groups is 1. The maximum atomic E-state index is 11.5. The van der Waals surface area contributed by atoms with Crippen molar-refractivity contribution in [3.05, 3.63) is 47.5 Å². The number of ether oxygens (including phenoxy) is 3. The Balaban J connectivity index is 1.92. The molecule has 2 rings (SSSR count). The van der Waals surface area contributed by atoms with Gasteiger partial charge in [0.05, 0.1) is 24.9 Å². The summed E-state index contributed by atoms with van der Waals surface area (Å²) < 4.78 is 14.8. The molecule has 0 unspecified atom stereocenters. The zero-order valence-corrected chi connectivity index (χ0v) is 14.0. The fourth-order valence-electron chi connectivity index (χ4n) is 2.54. The van der Waals surface area contributed by atoms with E-state index in [2.05, 4.69) is 4.74 Å². The summed E-state index contributed by atoms with van der Waals surface area (Å²) in [5.41, 5.74) is 1.11. The van der Waals surface area contributed by atoms with E-state index < -0.39 is 24.3 Å². The van der Waals surface area contributed by atoms with Crippen LogP contribution in [0, 0.1) is 5.92 Å². The van der Waals surface area contributed by atoms with Gasteiger partial charge >= 0.3 is 12.1 Å². The molecule has 6 heteroatoms. The summed E-state index contributed by atoms with van der Waals surface area (Å²) in [6, 6.07) is 6.59. The first-order valence-electron chi connectivity index (χ1n) is 7.82. The zero-order valence-electron chi connectivity index (χ0n) is 14.0. The van der Waals surface area contributed by atoms with Crippen molar-refractivity contribution in [2.45, 2.75) is 38.6 Å². The number of carbonyl (C=O) groups is 2. The lowest BCUT2D eigenvalue weighted by atomic mass is 9.94. The monoisotopic (exact) mass is 334 g/mol. The highest BCUT2D eigenvalue weighted by atomic mass is 16.7. The van der Waals surface area contributed by atoms with Gasteiger partial charge in [-0.15, -0.1) is 0 Å². The Morgan fingerprint density at radius 1 is 1.17 bits per heavy atom. The number of methoxy groups -OCH3 is 1. The Kier molecular flexibility index (Phi) is 5.98. The number of benzene rings is 1. The van der Waals surface area contributed by atoms with Crippen LogP contribution in [0.15, 0.2) is 36.4 Å². The van der Waals surface area contributed by atoms with Crippen LogP contribution in [0.1, 0.15) is 42.3 Å². The van der Waals surface area contributed by atoms with Crippen LogP contribution < -0.4 is 0 Å². The number of carbonyl (C=O) groups excluding carboxylic acids is 2. The second-order valence-corrected chi connectivity index (χ2v) is 5.92. The van der Waals surface area contributed by atoms with Gasteiger partial charge in [0.1, 0.15) is 6.10 Å². The lowest BCUT2D eigenvalue weighted by molar-refractivity contribution is 0.0126. The van der Waals surface area contributed by atoms with E-state index in [4.69, 9.17) is 9.47 Å². The molecule has 1 aliphatic rings. The zero-order chi connectivity index (χ0) is 17.7. The molecule has 0 spiro atoms. The van der Waals surface area contributed by atoms with Crippen LogP contribution in [-0.2, 0) is 14.2 Å². The van der Waals surface area contributed by atoms with E-state index in [0.29, 0.717) is 17.5 Å². The van der Waals surface area contributed by atoms with Crippen LogP contribution in [-0.4, -0.2) is 36.5 Å². The second-order valence-electron chi connectivity index (χ2n) is 5.92. The maximum absolute atomic E-state index is 11.5. The van der Waals surface area contributed by atoms with Crippen LogP contribution >= 0.6 is 0 Å². The molecule has 1 aliphatic carbocycles. The largest absolute Gasteiger partial charge is 0.509 e. The molecule has 3 atom stereocenters. The standard InChI is InChI=1S/C18H22O6/c1-11(2)23-18(21)24-15-9-8-14(10-15)16(19)12-4-6-13(7-5-12)17(20)22-3/h4-9,11,14-16,19H,10H2,1-3H3/t14-,15-,16+/m0/s1. The van der Waals surface area contributed by atoms with E-state index in [9.17, 15) is 14.7 Å². The SMILES string of the molecule is COC(=O)c1ccc([C@@H](O)[C@H]2C=C[C@H](OC(=O)OC(C)C)C2)cc1. The number of hydrogen-bond acceptors (Lipinski definition) is 6. The lowest BCUT2D eigenvalue weighted by Gasteiger charge is -2.19. The van der Waals surface area contributed by atoms with Gasteiger partial charge in [0, 0.05) is 5.92 Å². The van der Waals surface area contributed by atoms with Gasteiger partial charge in [-0.2, -0.15) is 0 Å². The smallest absolute Gasteiger partial charge is 0.465 e. The van der Waals surface area contributed by atoms with Crippen LogP contribution in [0.25, 0.3) is 0 Å². The lowest BCUT2D eigenvalue weighted by Crippen LogP contribution is -2.20. The van der Waals surface area contributed by atoms with Gasteiger partial charge in [0.2, 0.25) is 0 Å². The minimum Gasteiger partial charge on any atom is -0.465 e. The average molecular weight is 334 g/mol. The normalized spacial score (nSPS) is 20.7. The van der Waals surface area contributed by atoms with Crippen molar-refractivity contribution in [3.63, 3.8) is 0 Å². The van der Waals surface area contributed by atoms with Crippen molar-refractivity contribution >= 4 is 12.1 Å². The van der Waals surface area contributed by atoms with Gasteiger partial charge < -0.3 is 19.3 Å². The predicted octanol–water partition coefficient (Wildman–Crippen LogP) is 3.01. The minimum atomic E-state index is -0.748. The molecular weight excluding hydrogens is 312 g/mol. The molecule has 24 heavy (non-hydrogen) atoms. The molecule has 130 valence electrons. The highest BCUT2D eigenvalue weighted by Gasteiger charge is 2.29. The summed E-state index contributed by atoms with van der Waals surface area (Å²) in [5.74, 6) is -0.597. The van der Waals surface area contributed by atoms with E-state index >= 15 is 0 Å². The molecule has 0 amide bonds. The first kappa shape index (κ1) is 18.0. The van der Waals surface area contributed by atoms with Crippen molar-refractivity contribution in [2.75, 3.05) is 7.11 Å². The molecule has 0 saturated carbocycles. The third kappa shape index (κ3) is 4.58. The summed E-state index contributed by atoms with van der Waals surface area (Å²) in [5, 5.41) is 10.5. The van der Waals surface area contributed by atoms with E-state index in [1.165, 1.54) is 7.11 Å². The van der Waals surface area contributed by atoms with E-state index in [1.54, 1.807) is 44.2 Å². The first-order valence-corrected chi connectivity index (χ1v) is 7.82. The Morgan fingerprint density at radius 3 is 2.42 bits per heavy atom. The summed E-state index contributed by atoms with van der Waals surface area (Å²) in [6.07, 6.45) is 1.94. The van der Waals surface area contributed by atoms with Gasteiger partial charge in [-0.1, -0.05) is 18.2 Å². The van der Waals surface area contributed by atoms with E-state index in [1.807, 2.05) is 6.08 Å². The van der Waals surface area contributed by atoms with Gasteiger partial charge in [0.15, 0.2) is 0 Å².